The maximum Gasteiger partial charge on any atom is 0.339 e. The molecule has 0 saturated carbocycles. The van der Waals surface area contributed by atoms with Crippen LogP contribution in [0.25, 0.3) is 10.8 Å². The average molecular weight is 357 g/mol. The summed E-state index contributed by atoms with van der Waals surface area (Å²) in [6.45, 7) is 0. The van der Waals surface area contributed by atoms with E-state index in [1.807, 2.05) is 17.5 Å². The van der Waals surface area contributed by atoms with Crippen molar-refractivity contribution in [3.05, 3.63) is 53.2 Å². The number of hydrogen-bond acceptors (Lipinski definition) is 7. The summed E-state index contributed by atoms with van der Waals surface area (Å²) in [5.74, 6) is 0.0712. The Kier molecular flexibility index (Phi) is 5.20. The standard InChI is InChI=1S/C17H15N3O4S/c1-23-17(22)11-5-2-3-6-12(11)18-14(21)8-9-15-19-20-16(24-15)13-7-4-10-25-13/h2-7,10H,8-9H2,1H3,(H,18,21). The first kappa shape index (κ1) is 16.8. The van der Waals surface area contributed by atoms with E-state index in [0.717, 1.165) is 4.88 Å². The minimum absolute atomic E-state index is 0.154. The number of amides is 1. The molecule has 0 unspecified atom stereocenters. The van der Waals surface area contributed by atoms with Gasteiger partial charge in [0, 0.05) is 12.8 Å². The first-order valence-electron chi connectivity index (χ1n) is 7.51. The molecule has 2 heterocycles. The number of esters is 1. The summed E-state index contributed by atoms with van der Waals surface area (Å²) in [5.41, 5.74) is 0.709. The maximum absolute atomic E-state index is 12.1. The molecule has 8 heteroatoms. The molecule has 0 spiro atoms. The molecule has 2 aromatic heterocycles. The number of carbonyl (C=O) groups is 2. The second-order valence-electron chi connectivity index (χ2n) is 5.06. The summed E-state index contributed by atoms with van der Waals surface area (Å²) in [4.78, 5) is 24.7. The molecule has 0 aliphatic rings. The zero-order valence-corrected chi connectivity index (χ0v) is 14.2. The number of ether oxygens (including phenoxy) is 1. The van der Waals surface area contributed by atoms with Crippen molar-refractivity contribution in [1.82, 2.24) is 10.2 Å². The fraction of sp³-hybridized carbons (Fsp3) is 0.176. The SMILES string of the molecule is COC(=O)c1ccccc1NC(=O)CCc1nnc(-c2cccs2)o1. The summed E-state index contributed by atoms with van der Waals surface area (Å²) in [6.07, 6.45) is 0.464. The highest BCUT2D eigenvalue weighted by Gasteiger charge is 2.15. The van der Waals surface area contributed by atoms with Gasteiger partial charge in [0.1, 0.15) is 0 Å². The van der Waals surface area contributed by atoms with E-state index in [-0.39, 0.29) is 12.3 Å². The molecule has 3 aromatic rings. The Morgan fingerprint density at radius 3 is 2.80 bits per heavy atom. The molecule has 1 aromatic carbocycles. The summed E-state index contributed by atoms with van der Waals surface area (Å²) in [5, 5.41) is 12.5. The Balaban J connectivity index is 1.60. The van der Waals surface area contributed by atoms with E-state index in [2.05, 4.69) is 15.5 Å². The third-order valence-corrected chi connectivity index (χ3v) is 4.23. The first-order chi connectivity index (χ1) is 12.2. The molecule has 128 valence electrons. The van der Waals surface area contributed by atoms with Crippen LogP contribution in [-0.2, 0) is 16.0 Å². The van der Waals surface area contributed by atoms with Crippen molar-refractivity contribution < 1.29 is 18.7 Å². The Morgan fingerprint density at radius 1 is 1.20 bits per heavy atom. The number of thiophene rings is 1. The van der Waals surface area contributed by atoms with Gasteiger partial charge < -0.3 is 14.5 Å². The van der Waals surface area contributed by atoms with Crippen molar-refractivity contribution in [3.63, 3.8) is 0 Å². The molecule has 1 amide bonds. The Hall–Kier alpha value is -3.00. The van der Waals surface area contributed by atoms with E-state index in [4.69, 9.17) is 9.15 Å². The molecule has 0 aliphatic heterocycles. The van der Waals surface area contributed by atoms with E-state index in [0.29, 0.717) is 29.5 Å². The number of nitrogens with zero attached hydrogens (tertiary/aromatic N) is 2. The summed E-state index contributed by atoms with van der Waals surface area (Å²) in [6, 6.07) is 10.5. The number of aromatic nitrogens is 2. The van der Waals surface area contributed by atoms with E-state index in [1.165, 1.54) is 18.4 Å². The minimum atomic E-state index is -0.506. The Morgan fingerprint density at radius 2 is 2.04 bits per heavy atom. The summed E-state index contributed by atoms with van der Waals surface area (Å²) >= 11 is 1.50. The topological polar surface area (TPSA) is 94.3 Å². The van der Waals surface area contributed by atoms with Gasteiger partial charge in [-0.3, -0.25) is 4.79 Å². The van der Waals surface area contributed by atoms with Crippen molar-refractivity contribution in [2.45, 2.75) is 12.8 Å². The van der Waals surface area contributed by atoms with Crippen molar-refractivity contribution in [1.29, 1.82) is 0 Å². The van der Waals surface area contributed by atoms with Crippen LogP contribution < -0.4 is 5.32 Å². The number of rotatable bonds is 6. The van der Waals surface area contributed by atoms with E-state index in [9.17, 15) is 9.59 Å². The maximum atomic E-state index is 12.1. The molecule has 25 heavy (non-hydrogen) atoms. The number of methoxy groups -OCH3 is 1. The van der Waals surface area contributed by atoms with Crippen molar-refractivity contribution >= 4 is 28.9 Å². The molecule has 0 atom stereocenters. The lowest BCUT2D eigenvalue weighted by molar-refractivity contribution is -0.116. The predicted octanol–water partition coefficient (Wildman–Crippen LogP) is 3.16. The molecule has 1 N–H and O–H groups in total. The van der Waals surface area contributed by atoms with Crippen LogP contribution in [0.4, 0.5) is 5.69 Å². The van der Waals surface area contributed by atoms with Crippen molar-refractivity contribution in [2.75, 3.05) is 12.4 Å². The van der Waals surface area contributed by atoms with Crippen LogP contribution in [-0.4, -0.2) is 29.2 Å². The molecule has 0 fully saturated rings. The predicted molar refractivity (Wildman–Crippen MR) is 92.3 cm³/mol. The van der Waals surface area contributed by atoms with Gasteiger partial charge in [0.15, 0.2) is 0 Å². The lowest BCUT2D eigenvalue weighted by atomic mass is 10.1. The van der Waals surface area contributed by atoms with Gasteiger partial charge in [0.05, 0.1) is 23.2 Å². The second-order valence-corrected chi connectivity index (χ2v) is 6.01. The van der Waals surface area contributed by atoms with Gasteiger partial charge in [-0.1, -0.05) is 18.2 Å². The molecule has 7 nitrogen and oxygen atoms in total. The van der Waals surface area contributed by atoms with Gasteiger partial charge in [-0.15, -0.1) is 21.5 Å². The normalized spacial score (nSPS) is 10.4. The molecule has 0 bridgehead atoms. The molecule has 0 saturated heterocycles. The van der Waals surface area contributed by atoms with Crippen LogP contribution in [0.2, 0.25) is 0 Å². The van der Waals surface area contributed by atoms with Crippen LogP contribution >= 0.6 is 11.3 Å². The highest BCUT2D eigenvalue weighted by Crippen LogP contribution is 2.23. The highest BCUT2D eigenvalue weighted by atomic mass is 32.1. The molecular formula is C17H15N3O4S. The van der Waals surface area contributed by atoms with E-state index in [1.54, 1.807) is 24.3 Å². The molecule has 0 aliphatic carbocycles. The number of benzene rings is 1. The largest absolute Gasteiger partial charge is 0.465 e. The monoisotopic (exact) mass is 357 g/mol. The van der Waals surface area contributed by atoms with E-state index < -0.39 is 5.97 Å². The summed E-state index contributed by atoms with van der Waals surface area (Å²) < 4.78 is 10.2. The third-order valence-electron chi connectivity index (χ3n) is 3.37. The quantitative estimate of drug-likeness (QED) is 0.681. The first-order valence-corrected chi connectivity index (χ1v) is 8.39. The highest BCUT2D eigenvalue weighted by molar-refractivity contribution is 7.13. The number of para-hydroxylation sites is 1. The van der Waals surface area contributed by atoms with Gasteiger partial charge in [0.25, 0.3) is 5.89 Å². The van der Waals surface area contributed by atoms with Gasteiger partial charge >= 0.3 is 5.97 Å². The van der Waals surface area contributed by atoms with Crippen LogP contribution in [0.15, 0.2) is 46.2 Å². The molecular weight excluding hydrogens is 342 g/mol. The fourth-order valence-corrected chi connectivity index (χ4v) is 2.81. The van der Waals surface area contributed by atoms with Gasteiger partial charge in [0.2, 0.25) is 11.8 Å². The lowest BCUT2D eigenvalue weighted by Gasteiger charge is -2.08. The number of carbonyl (C=O) groups excluding carboxylic acids is 2. The van der Waals surface area contributed by atoms with Crippen LogP contribution in [0, 0.1) is 0 Å². The summed E-state index contributed by atoms with van der Waals surface area (Å²) in [7, 11) is 1.29. The smallest absolute Gasteiger partial charge is 0.339 e. The lowest BCUT2D eigenvalue weighted by Crippen LogP contribution is -2.15. The molecule has 3 rings (SSSR count). The van der Waals surface area contributed by atoms with Crippen molar-refractivity contribution in [3.8, 4) is 10.8 Å². The van der Waals surface area contributed by atoms with Crippen LogP contribution in [0.1, 0.15) is 22.7 Å². The van der Waals surface area contributed by atoms with Crippen molar-refractivity contribution in [2.24, 2.45) is 0 Å². The number of anilines is 1. The second kappa shape index (κ2) is 7.71. The molecule has 0 radical (unpaired) electrons. The number of aryl methyl sites for hydroxylation is 1. The number of nitrogens with one attached hydrogen (secondary N) is 1. The van der Waals surface area contributed by atoms with Gasteiger partial charge in [-0.25, -0.2) is 4.79 Å². The average Bonchev–Trinajstić information content (AvgIpc) is 3.31. The van der Waals surface area contributed by atoms with Crippen LogP contribution in [0.3, 0.4) is 0 Å². The fourth-order valence-electron chi connectivity index (χ4n) is 2.17. The Labute approximate surface area is 147 Å². The van der Waals surface area contributed by atoms with E-state index >= 15 is 0 Å². The third kappa shape index (κ3) is 4.10. The zero-order chi connectivity index (χ0) is 17.6. The van der Waals surface area contributed by atoms with Gasteiger partial charge in [-0.05, 0) is 23.6 Å². The van der Waals surface area contributed by atoms with Gasteiger partial charge in [-0.2, -0.15) is 0 Å². The Bertz CT molecular complexity index is 874. The number of hydrogen-bond donors (Lipinski definition) is 1. The minimum Gasteiger partial charge on any atom is -0.465 e. The van der Waals surface area contributed by atoms with Crippen LogP contribution in [0.5, 0.6) is 0 Å². The zero-order valence-electron chi connectivity index (χ0n) is 13.4.